The molecule has 3 N–H and O–H groups in total. The Kier molecular flexibility index (Phi) is 6.19. The van der Waals surface area contributed by atoms with Gasteiger partial charge in [-0.15, -0.1) is 0 Å². The van der Waals surface area contributed by atoms with Gasteiger partial charge in [-0.1, -0.05) is 6.92 Å². The second-order valence-electron chi connectivity index (χ2n) is 10.2. The molecule has 3 heterocycles. The minimum atomic E-state index is 0.0317. The number of piperidine rings is 2. The fourth-order valence-corrected chi connectivity index (χ4v) is 6.32. The molecule has 7 heteroatoms. The summed E-state index contributed by atoms with van der Waals surface area (Å²) in [6.07, 6.45) is 5.84. The Morgan fingerprint density at radius 1 is 1.10 bits per heavy atom. The predicted octanol–water partition coefficient (Wildman–Crippen LogP) is 1.17. The minimum absolute atomic E-state index is 0.0317. The molecule has 0 aromatic carbocycles. The second-order valence-corrected chi connectivity index (χ2v) is 10.2. The Hall–Kier alpha value is -1.18. The highest BCUT2D eigenvalue weighted by atomic mass is 16.2. The van der Waals surface area contributed by atoms with Crippen molar-refractivity contribution in [3.05, 3.63) is 0 Å². The largest absolute Gasteiger partial charge is 0.342 e. The first kappa shape index (κ1) is 21.1. The lowest BCUT2D eigenvalue weighted by Gasteiger charge is -2.50. The van der Waals surface area contributed by atoms with Crippen LogP contribution in [0.15, 0.2) is 0 Å². The molecule has 8 unspecified atom stereocenters. The predicted molar refractivity (Wildman–Crippen MR) is 113 cm³/mol. The van der Waals surface area contributed by atoms with Crippen LogP contribution in [-0.4, -0.2) is 67.2 Å². The van der Waals surface area contributed by atoms with E-state index in [4.69, 9.17) is 0 Å². The van der Waals surface area contributed by atoms with Crippen molar-refractivity contribution in [1.29, 1.82) is 0 Å². The lowest BCUT2D eigenvalue weighted by Crippen LogP contribution is -2.60. The molecule has 4 fully saturated rings. The number of nitrogens with one attached hydrogen (secondary N) is 3. The zero-order valence-corrected chi connectivity index (χ0v) is 18.5. The van der Waals surface area contributed by atoms with E-state index in [1.165, 1.54) is 0 Å². The van der Waals surface area contributed by atoms with Gasteiger partial charge in [0.15, 0.2) is 0 Å². The van der Waals surface area contributed by atoms with Crippen molar-refractivity contribution in [3.8, 4) is 0 Å². The zero-order chi connectivity index (χ0) is 20.7. The van der Waals surface area contributed by atoms with Gasteiger partial charge >= 0.3 is 0 Å². The number of hydrogen-bond donors (Lipinski definition) is 3. The molecule has 29 heavy (non-hydrogen) atoms. The Bertz CT molecular complexity index is 628. The first-order valence-electron chi connectivity index (χ1n) is 11.6. The molecule has 0 spiro atoms. The van der Waals surface area contributed by atoms with Gasteiger partial charge in [-0.2, -0.15) is 0 Å². The molecular formula is C22H39N5O2. The van der Waals surface area contributed by atoms with Crippen molar-refractivity contribution in [1.82, 2.24) is 26.0 Å². The summed E-state index contributed by atoms with van der Waals surface area (Å²) in [6.45, 7) is 6.45. The molecule has 0 bridgehead atoms. The highest BCUT2D eigenvalue weighted by Crippen LogP contribution is 2.44. The van der Waals surface area contributed by atoms with Crippen LogP contribution in [0.2, 0.25) is 0 Å². The summed E-state index contributed by atoms with van der Waals surface area (Å²) in [4.78, 5) is 28.3. The minimum Gasteiger partial charge on any atom is -0.342 e. The average molecular weight is 406 g/mol. The third kappa shape index (κ3) is 4.32. The van der Waals surface area contributed by atoms with Crippen LogP contribution in [0, 0.1) is 29.6 Å². The van der Waals surface area contributed by atoms with Crippen LogP contribution in [0.1, 0.15) is 52.4 Å². The number of amides is 2. The van der Waals surface area contributed by atoms with Gasteiger partial charge in [0, 0.05) is 51.1 Å². The van der Waals surface area contributed by atoms with Crippen LogP contribution < -0.4 is 16.1 Å². The lowest BCUT2D eigenvalue weighted by atomic mass is 9.64. The molecule has 1 aliphatic carbocycles. The number of hydrogen-bond acceptors (Lipinski definition) is 5. The number of nitrogens with zero attached hydrogens (tertiary/aromatic N) is 2. The number of rotatable bonds is 3. The van der Waals surface area contributed by atoms with Crippen LogP contribution in [-0.2, 0) is 9.59 Å². The van der Waals surface area contributed by atoms with Crippen molar-refractivity contribution < 1.29 is 9.59 Å². The van der Waals surface area contributed by atoms with Crippen molar-refractivity contribution >= 4 is 11.8 Å². The van der Waals surface area contributed by atoms with E-state index in [-0.39, 0.29) is 23.9 Å². The number of carbonyl (C=O) groups excluding carboxylic acids is 2. The summed E-state index contributed by atoms with van der Waals surface area (Å²) in [5.41, 5.74) is 3.29. The van der Waals surface area contributed by atoms with Crippen molar-refractivity contribution in [2.75, 3.05) is 27.2 Å². The molecule has 2 amide bonds. The fraction of sp³-hybridized carbons (Fsp3) is 0.909. The molecular weight excluding hydrogens is 366 g/mol. The van der Waals surface area contributed by atoms with Gasteiger partial charge in [0.05, 0.1) is 6.17 Å². The Morgan fingerprint density at radius 2 is 1.90 bits per heavy atom. The van der Waals surface area contributed by atoms with Crippen LogP contribution in [0.5, 0.6) is 0 Å². The van der Waals surface area contributed by atoms with Crippen molar-refractivity contribution in [2.45, 2.75) is 70.6 Å². The standard InChI is InChI=1S/C22H39N5O2/c1-13-5-6-15(21(28)24-20-7-8-26(3)25-20)10-17(13)18-11-16-12-23-14(2)9-19(16)27(4)22(18)29/h13-20,23,25H,5-12H2,1-4H3,(H,24,28). The van der Waals surface area contributed by atoms with E-state index in [2.05, 4.69) is 29.9 Å². The Balaban J connectivity index is 1.41. The molecule has 0 radical (unpaired) electrons. The molecule has 8 atom stereocenters. The van der Waals surface area contributed by atoms with Crippen LogP contribution in [0.25, 0.3) is 0 Å². The van der Waals surface area contributed by atoms with Crippen LogP contribution in [0.4, 0.5) is 0 Å². The zero-order valence-electron chi connectivity index (χ0n) is 18.5. The van der Waals surface area contributed by atoms with E-state index in [1.54, 1.807) is 0 Å². The third-order valence-electron chi connectivity index (χ3n) is 8.18. The maximum atomic E-state index is 13.3. The highest BCUT2D eigenvalue weighted by molar-refractivity contribution is 5.81. The molecule has 4 rings (SSSR count). The summed E-state index contributed by atoms with van der Waals surface area (Å²) >= 11 is 0. The monoisotopic (exact) mass is 405 g/mol. The van der Waals surface area contributed by atoms with E-state index in [0.29, 0.717) is 35.7 Å². The Morgan fingerprint density at radius 3 is 2.62 bits per heavy atom. The van der Waals surface area contributed by atoms with Gasteiger partial charge < -0.3 is 15.5 Å². The quantitative estimate of drug-likeness (QED) is 0.657. The highest BCUT2D eigenvalue weighted by Gasteiger charge is 2.47. The third-order valence-corrected chi connectivity index (χ3v) is 8.18. The number of fused-ring (bicyclic) bond motifs is 1. The molecule has 0 aromatic rings. The van der Waals surface area contributed by atoms with E-state index < -0.39 is 0 Å². The topological polar surface area (TPSA) is 76.7 Å². The van der Waals surface area contributed by atoms with Crippen molar-refractivity contribution in [2.24, 2.45) is 29.6 Å². The number of hydrazine groups is 1. The van der Waals surface area contributed by atoms with Gasteiger partial charge in [-0.05, 0) is 63.2 Å². The van der Waals surface area contributed by atoms with Crippen molar-refractivity contribution in [3.63, 3.8) is 0 Å². The summed E-state index contributed by atoms with van der Waals surface area (Å²) in [5, 5.41) is 8.83. The van der Waals surface area contributed by atoms with E-state index in [1.807, 2.05) is 24.0 Å². The molecule has 1 saturated carbocycles. The summed E-state index contributed by atoms with van der Waals surface area (Å²) in [7, 11) is 4.01. The molecule has 164 valence electrons. The first-order valence-corrected chi connectivity index (χ1v) is 11.6. The van der Waals surface area contributed by atoms with Crippen LogP contribution >= 0.6 is 0 Å². The van der Waals surface area contributed by atoms with Gasteiger partial charge in [0.1, 0.15) is 0 Å². The van der Waals surface area contributed by atoms with Crippen LogP contribution in [0.3, 0.4) is 0 Å². The molecule has 3 saturated heterocycles. The summed E-state index contributed by atoms with van der Waals surface area (Å²) < 4.78 is 0. The normalized spacial score (nSPS) is 43.9. The number of carbonyl (C=O) groups is 2. The lowest BCUT2D eigenvalue weighted by molar-refractivity contribution is -0.149. The van der Waals surface area contributed by atoms with Gasteiger partial charge in [0.2, 0.25) is 11.8 Å². The Labute approximate surface area is 175 Å². The second kappa shape index (κ2) is 8.52. The number of likely N-dealkylation sites (tertiary alicyclic amines) is 1. The first-order chi connectivity index (χ1) is 13.8. The smallest absolute Gasteiger partial charge is 0.225 e. The van der Waals surface area contributed by atoms with E-state index in [0.717, 1.165) is 51.6 Å². The molecule has 4 aliphatic rings. The maximum absolute atomic E-state index is 13.3. The maximum Gasteiger partial charge on any atom is 0.225 e. The van der Waals surface area contributed by atoms with E-state index in [9.17, 15) is 9.59 Å². The van der Waals surface area contributed by atoms with Gasteiger partial charge in [0.25, 0.3) is 0 Å². The van der Waals surface area contributed by atoms with Gasteiger partial charge in [-0.25, -0.2) is 10.4 Å². The SMILES string of the molecule is CC1CC2C(CN1)CC(C1CC(C(=O)NC3CCN(C)N3)CCC1C)C(=O)N2C. The molecule has 3 aliphatic heterocycles. The average Bonchev–Trinajstić information content (AvgIpc) is 3.10. The molecule has 0 aromatic heterocycles. The van der Waals surface area contributed by atoms with E-state index >= 15 is 0 Å². The molecule has 7 nitrogen and oxygen atoms in total. The fourth-order valence-electron chi connectivity index (χ4n) is 6.32. The summed E-state index contributed by atoms with van der Waals surface area (Å²) in [6, 6.07) is 0.853. The van der Waals surface area contributed by atoms with Gasteiger partial charge in [-0.3, -0.25) is 9.59 Å². The summed E-state index contributed by atoms with van der Waals surface area (Å²) in [5.74, 6) is 1.94.